The second kappa shape index (κ2) is 5.29. The Bertz CT molecular complexity index is 1180. The van der Waals surface area contributed by atoms with Crippen LogP contribution >= 0.6 is 0 Å². The monoisotopic (exact) mass is 350 g/mol. The Kier molecular flexibility index (Phi) is 3.30. The van der Waals surface area contributed by atoms with Gasteiger partial charge in [-0.25, -0.2) is 8.42 Å². The lowest BCUT2D eigenvalue weighted by atomic mass is 9.92. The van der Waals surface area contributed by atoms with Gasteiger partial charge in [-0.05, 0) is 41.6 Å². The maximum atomic E-state index is 13.0. The van der Waals surface area contributed by atoms with Crippen molar-refractivity contribution in [1.29, 1.82) is 0 Å². The summed E-state index contributed by atoms with van der Waals surface area (Å²) in [5.41, 5.74) is 1.64. The summed E-state index contributed by atoms with van der Waals surface area (Å²) < 4.78 is 26.0. The number of aryl methyl sites for hydroxylation is 1. The SMILES string of the molecule is Cc1ccc(S(=O)(=O)C2=Cc3cccc4cccc(c34)C2=O)cc1O. The molecular formula is C20H14O4S. The molecular weight excluding hydrogens is 336 g/mol. The number of benzene rings is 3. The van der Waals surface area contributed by atoms with Crippen molar-refractivity contribution in [3.63, 3.8) is 0 Å². The highest BCUT2D eigenvalue weighted by molar-refractivity contribution is 7.96. The van der Waals surface area contributed by atoms with Crippen LogP contribution in [0.5, 0.6) is 5.75 Å². The van der Waals surface area contributed by atoms with Gasteiger partial charge in [-0.1, -0.05) is 42.5 Å². The molecule has 0 unspecified atom stereocenters. The fourth-order valence-corrected chi connectivity index (χ4v) is 4.51. The summed E-state index contributed by atoms with van der Waals surface area (Å²) in [6.07, 6.45) is 1.42. The van der Waals surface area contributed by atoms with Crippen LogP contribution < -0.4 is 0 Å². The van der Waals surface area contributed by atoms with Crippen molar-refractivity contribution in [3.05, 3.63) is 76.2 Å². The molecule has 0 bridgehead atoms. The number of ketones is 1. The van der Waals surface area contributed by atoms with Crippen molar-refractivity contribution in [1.82, 2.24) is 0 Å². The Morgan fingerprint density at radius 3 is 2.40 bits per heavy atom. The van der Waals surface area contributed by atoms with E-state index in [0.29, 0.717) is 16.7 Å². The molecule has 1 aliphatic rings. The van der Waals surface area contributed by atoms with E-state index in [0.717, 1.165) is 10.8 Å². The molecule has 0 aromatic heterocycles. The topological polar surface area (TPSA) is 71.4 Å². The van der Waals surface area contributed by atoms with E-state index in [1.54, 1.807) is 25.1 Å². The first-order valence-electron chi connectivity index (χ1n) is 7.72. The number of hydrogen-bond donors (Lipinski definition) is 1. The number of allylic oxidation sites excluding steroid dienone is 1. The molecule has 0 spiro atoms. The Morgan fingerprint density at radius 2 is 1.68 bits per heavy atom. The predicted octanol–water partition coefficient (Wildman–Crippen LogP) is 3.86. The minimum atomic E-state index is -4.04. The summed E-state index contributed by atoms with van der Waals surface area (Å²) in [6, 6.07) is 14.9. The molecule has 0 saturated heterocycles. The lowest BCUT2D eigenvalue weighted by Gasteiger charge is -2.17. The Balaban J connectivity index is 1.97. The van der Waals surface area contributed by atoms with Gasteiger partial charge in [-0.3, -0.25) is 4.79 Å². The molecule has 3 aromatic rings. The number of rotatable bonds is 2. The summed E-state index contributed by atoms with van der Waals surface area (Å²) in [6.45, 7) is 1.67. The molecule has 0 amide bonds. The van der Waals surface area contributed by atoms with E-state index < -0.39 is 15.6 Å². The Hall–Kier alpha value is -2.92. The predicted molar refractivity (Wildman–Crippen MR) is 96.3 cm³/mol. The second-order valence-electron chi connectivity index (χ2n) is 6.04. The molecule has 0 aliphatic heterocycles. The number of carbonyl (C=O) groups excluding carboxylic acids is 1. The molecule has 3 aromatic carbocycles. The van der Waals surface area contributed by atoms with Gasteiger partial charge in [0.2, 0.25) is 15.6 Å². The highest BCUT2D eigenvalue weighted by Crippen LogP contribution is 2.35. The van der Waals surface area contributed by atoms with Gasteiger partial charge in [0, 0.05) is 10.9 Å². The van der Waals surface area contributed by atoms with E-state index in [1.165, 1.54) is 24.3 Å². The number of phenols is 1. The molecule has 4 nitrogen and oxygen atoms in total. The van der Waals surface area contributed by atoms with Gasteiger partial charge in [0.1, 0.15) is 10.7 Å². The van der Waals surface area contributed by atoms with E-state index in [-0.39, 0.29) is 15.6 Å². The molecule has 0 heterocycles. The van der Waals surface area contributed by atoms with Crippen LogP contribution in [-0.4, -0.2) is 19.3 Å². The zero-order chi connectivity index (χ0) is 17.8. The van der Waals surface area contributed by atoms with E-state index in [2.05, 4.69) is 0 Å². The smallest absolute Gasteiger partial charge is 0.210 e. The van der Waals surface area contributed by atoms with Gasteiger partial charge in [-0.15, -0.1) is 0 Å². The number of phenolic OH excluding ortho intramolecular Hbond substituents is 1. The molecule has 25 heavy (non-hydrogen) atoms. The van der Waals surface area contributed by atoms with Crippen LogP contribution in [0.3, 0.4) is 0 Å². The standard InChI is InChI=1S/C20H14O4S/c1-12-8-9-15(11-17(12)21)25(23,24)18-10-14-6-2-4-13-5-3-7-16(19(13)14)20(18)22/h2-11,21H,1H3. The zero-order valence-electron chi connectivity index (χ0n) is 13.4. The van der Waals surface area contributed by atoms with Crippen LogP contribution in [0.1, 0.15) is 21.5 Å². The molecule has 5 heteroatoms. The first-order valence-corrected chi connectivity index (χ1v) is 9.21. The van der Waals surface area contributed by atoms with Crippen LogP contribution in [0.15, 0.2) is 64.4 Å². The zero-order valence-corrected chi connectivity index (χ0v) is 14.2. The maximum Gasteiger partial charge on any atom is 0.210 e. The summed E-state index contributed by atoms with van der Waals surface area (Å²) in [7, 11) is -4.04. The van der Waals surface area contributed by atoms with E-state index in [4.69, 9.17) is 0 Å². The van der Waals surface area contributed by atoms with E-state index >= 15 is 0 Å². The minimum absolute atomic E-state index is 0.0956. The number of Topliss-reactive ketones (excluding diaryl/α,β-unsaturated/α-hetero) is 1. The van der Waals surface area contributed by atoms with Crippen molar-refractivity contribution < 1.29 is 18.3 Å². The van der Waals surface area contributed by atoms with Gasteiger partial charge in [0.15, 0.2) is 0 Å². The van der Waals surface area contributed by atoms with Crippen molar-refractivity contribution in [2.24, 2.45) is 0 Å². The molecule has 0 fully saturated rings. The lowest BCUT2D eigenvalue weighted by molar-refractivity contribution is 0.104. The third kappa shape index (κ3) is 2.27. The molecule has 4 rings (SSSR count). The molecule has 124 valence electrons. The molecule has 0 atom stereocenters. The fraction of sp³-hybridized carbons (Fsp3) is 0.0500. The number of carbonyl (C=O) groups is 1. The number of hydrogen-bond acceptors (Lipinski definition) is 4. The second-order valence-corrected chi connectivity index (χ2v) is 7.96. The van der Waals surface area contributed by atoms with Crippen molar-refractivity contribution in [2.75, 3.05) is 0 Å². The Morgan fingerprint density at radius 1 is 0.960 bits per heavy atom. The molecule has 1 aliphatic carbocycles. The third-order valence-electron chi connectivity index (χ3n) is 4.47. The molecule has 1 N–H and O–H groups in total. The summed E-state index contributed by atoms with van der Waals surface area (Å²) in [5.74, 6) is -0.642. The highest BCUT2D eigenvalue weighted by atomic mass is 32.2. The van der Waals surface area contributed by atoms with Gasteiger partial charge in [0.25, 0.3) is 0 Å². The fourth-order valence-electron chi connectivity index (χ4n) is 3.10. The number of aromatic hydroxyl groups is 1. The quantitative estimate of drug-likeness (QED) is 0.762. The highest BCUT2D eigenvalue weighted by Gasteiger charge is 2.32. The van der Waals surface area contributed by atoms with Crippen LogP contribution in [-0.2, 0) is 9.84 Å². The number of sulfone groups is 1. The van der Waals surface area contributed by atoms with Crippen molar-refractivity contribution in [2.45, 2.75) is 11.8 Å². The summed E-state index contributed by atoms with van der Waals surface area (Å²) in [5, 5.41) is 11.5. The van der Waals surface area contributed by atoms with Crippen LogP contribution in [0, 0.1) is 6.92 Å². The largest absolute Gasteiger partial charge is 0.508 e. The summed E-state index contributed by atoms with van der Waals surface area (Å²) >= 11 is 0. The van der Waals surface area contributed by atoms with Gasteiger partial charge < -0.3 is 5.11 Å². The van der Waals surface area contributed by atoms with Gasteiger partial charge in [0.05, 0.1) is 4.90 Å². The summed E-state index contributed by atoms with van der Waals surface area (Å²) in [4.78, 5) is 12.5. The molecule has 0 radical (unpaired) electrons. The molecule has 0 saturated carbocycles. The first kappa shape index (κ1) is 15.6. The van der Waals surface area contributed by atoms with Gasteiger partial charge in [-0.2, -0.15) is 0 Å². The van der Waals surface area contributed by atoms with Crippen LogP contribution in [0.4, 0.5) is 0 Å². The lowest BCUT2D eigenvalue weighted by Crippen LogP contribution is -2.17. The van der Waals surface area contributed by atoms with E-state index in [9.17, 15) is 18.3 Å². The first-order chi connectivity index (χ1) is 11.9. The third-order valence-corrected chi connectivity index (χ3v) is 6.23. The average Bonchev–Trinajstić information content (AvgIpc) is 2.60. The van der Waals surface area contributed by atoms with Crippen molar-refractivity contribution >= 4 is 32.5 Å². The van der Waals surface area contributed by atoms with Crippen LogP contribution in [0.25, 0.3) is 16.8 Å². The average molecular weight is 350 g/mol. The van der Waals surface area contributed by atoms with Crippen molar-refractivity contribution in [3.8, 4) is 5.75 Å². The van der Waals surface area contributed by atoms with E-state index in [1.807, 2.05) is 18.2 Å². The minimum Gasteiger partial charge on any atom is -0.508 e. The normalized spacial score (nSPS) is 13.8. The maximum absolute atomic E-state index is 13.0. The Labute approximate surface area is 145 Å². The van der Waals surface area contributed by atoms with Gasteiger partial charge >= 0.3 is 0 Å². The van der Waals surface area contributed by atoms with Crippen LogP contribution in [0.2, 0.25) is 0 Å².